The Balaban J connectivity index is 1.99. The molecule has 2 aromatic rings. The number of amides is 1. The van der Waals surface area contributed by atoms with Crippen molar-refractivity contribution in [3.8, 4) is 0 Å². The SMILES string of the molecule is Cc1nc2c(N3CC[C@H](NC(=O)O)C3)c(N)ccc2n1C. The molecule has 1 fully saturated rings. The first-order valence-corrected chi connectivity index (χ1v) is 6.93. The predicted octanol–water partition coefficient (Wildman–Crippen LogP) is 1.31. The van der Waals surface area contributed by atoms with Crippen LogP contribution in [0.5, 0.6) is 0 Å². The van der Waals surface area contributed by atoms with Gasteiger partial charge in [-0.3, -0.25) is 0 Å². The second-order valence-corrected chi connectivity index (χ2v) is 5.47. The Morgan fingerprint density at radius 2 is 2.29 bits per heavy atom. The largest absolute Gasteiger partial charge is 0.465 e. The number of nitrogens with two attached hydrogens (primary N) is 1. The van der Waals surface area contributed by atoms with Gasteiger partial charge in [0.05, 0.1) is 22.9 Å². The smallest absolute Gasteiger partial charge is 0.404 e. The first-order valence-electron chi connectivity index (χ1n) is 6.93. The molecule has 1 aromatic carbocycles. The number of nitrogen functional groups attached to an aromatic ring is 1. The topological polar surface area (TPSA) is 96.4 Å². The van der Waals surface area contributed by atoms with Gasteiger partial charge in [0, 0.05) is 20.1 Å². The molecule has 0 aliphatic carbocycles. The molecule has 0 spiro atoms. The lowest BCUT2D eigenvalue weighted by Crippen LogP contribution is -2.36. The van der Waals surface area contributed by atoms with Gasteiger partial charge in [-0.25, -0.2) is 9.78 Å². The Kier molecular flexibility index (Phi) is 3.12. The fourth-order valence-electron chi connectivity index (χ4n) is 2.96. The van der Waals surface area contributed by atoms with Gasteiger partial charge in [-0.2, -0.15) is 0 Å². The van der Waals surface area contributed by atoms with Gasteiger partial charge in [-0.15, -0.1) is 0 Å². The van der Waals surface area contributed by atoms with E-state index in [1.807, 2.05) is 30.7 Å². The lowest BCUT2D eigenvalue weighted by molar-refractivity contribution is 0.191. The number of aromatic nitrogens is 2. The first-order chi connectivity index (χ1) is 9.97. The van der Waals surface area contributed by atoms with Crippen molar-refractivity contribution in [3.63, 3.8) is 0 Å². The third kappa shape index (κ3) is 2.24. The number of benzene rings is 1. The number of imidazole rings is 1. The average Bonchev–Trinajstić information content (AvgIpc) is 2.95. The van der Waals surface area contributed by atoms with E-state index < -0.39 is 6.09 Å². The molecule has 1 aromatic heterocycles. The van der Waals surface area contributed by atoms with Crippen LogP contribution in [0.25, 0.3) is 11.0 Å². The van der Waals surface area contributed by atoms with E-state index in [4.69, 9.17) is 10.8 Å². The molecule has 4 N–H and O–H groups in total. The molecule has 0 unspecified atom stereocenters. The van der Waals surface area contributed by atoms with E-state index in [9.17, 15) is 4.79 Å². The summed E-state index contributed by atoms with van der Waals surface area (Å²) in [5.74, 6) is 0.927. The summed E-state index contributed by atoms with van der Waals surface area (Å²) >= 11 is 0. The number of carboxylic acid groups (broad SMARTS) is 1. The summed E-state index contributed by atoms with van der Waals surface area (Å²) in [6, 6.07) is 3.79. The number of rotatable bonds is 2. The van der Waals surface area contributed by atoms with Crippen molar-refractivity contribution in [1.29, 1.82) is 0 Å². The van der Waals surface area contributed by atoms with E-state index in [1.165, 1.54) is 0 Å². The van der Waals surface area contributed by atoms with Gasteiger partial charge in [0.15, 0.2) is 0 Å². The Morgan fingerprint density at radius 1 is 1.52 bits per heavy atom. The molecule has 7 nitrogen and oxygen atoms in total. The number of hydrogen-bond acceptors (Lipinski definition) is 4. The number of fused-ring (bicyclic) bond motifs is 1. The van der Waals surface area contributed by atoms with Crippen LogP contribution in [0, 0.1) is 6.92 Å². The molecule has 1 aliphatic rings. The van der Waals surface area contributed by atoms with Gasteiger partial charge in [0.1, 0.15) is 11.3 Å². The molecule has 1 saturated heterocycles. The number of nitrogens with one attached hydrogen (secondary N) is 1. The number of anilines is 2. The highest BCUT2D eigenvalue weighted by atomic mass is 16.4. The molecule has 112 valence electrons. The number of hydrogen-bond donors (Lipinski definition) is 3. The molecule has 0 saturated carbocycles. The molecule has 1 atom stereocenters. The van der Waals surface area contributed by atoms with Crippen LogP contribution >= 0.6 is 0 Å². The maximum Gasteiger partial charge on any atom is 0.404 e. The van der Waals surface area contributed by atoms with Gasteiger partial charge in [-0.05, 0) is 25.5 Å². The Hall–Kier alpha value is -2.44. The molecule has 1 aliphatic heterocycles. The quantitative estimate of drug-likeness (QED) is 0.724. The molecule has 3 rings (SSSR count). The number of carbonyl (C=O) groups is 1. The number of aryl methyl sites for hydroxylation is 2. The molecular weight excluding hydrogens is 270 g/mol. The van der Waals surface area contributed by atoms with Gasteiger partial charge < -0.3 is 25.6 Å². The Labute approximate surface area is 122 Å². The van der Waals surface area contributed by atoms with Gasteiger partial charge in [0.2, 0.25) is 0 Å². The van der Waals surface area contributed by atoms with E-state index in [1.54, 1.807) is 0 Å². The van der Waals surface area contributed by atoms with Gasteiger partial charge in [0.25, 0.3) is 0 Å². The van der Waals surface area contributed by atoms with E-state index in [2.05, 4.69) is 15.2 Å². The zero-order valence-electron chi connectivity index (χ0n) is 12.1. The normalized spacial score (nSPS) is 18.4. The Morgan fingerprint density at radius 3 is 3.00 bits per heavy atom. The van der Waals surface area contributed by atoms with Crippen molar-refractivity contribution in [2.45, 2.75) is 19.4 Å². The van der Waals surface area contributed by atoms with E-state index in [-0.39, 0.29) is 6.04 Å². The van der Waals surface area contributed by atoms with Crippen molar-refractivity contribution in [2.24, 2.45) is 7.05 Å². The van der Waals surface area contributed by atoms with Crippen LogP contribution in [0.15, 0.2) is 12.1 Å². The highest BCUT2D eigenvalue weighted by Gasteiger charge is 2.27. The molecular formula is C14H19N5O2. The minimum Gasteiger partial charge on any atom is -0.465 e. The van der Waals surface area contributed by atoms with Gasteiger partial charge >= 0.3 is 6.09 Å². The predicted molar refractivity (Wildman–Crippen MR) is 81.6 cm³/mol. The third-order valence-electron chi connectivity index (χ3n) is 4.11. The molecule has 7 heteroatoms. The Bertz CT molecular complexity index is 709. The second-order valence-electron chi connectivity index (χ2n) is 5.47. The maximum absolute atomic E-state index is 10.8. The zero-order chi connectivity index (χ0) is 15.1. The summed E-state index contributed by atoms with van der Waals surface area (Å²) in [4.78, 5) is 17.5. The summed E-state index contributed by atoms with van der Waals surface area (Å²) in [7, 11) is 1.98. The maximum atomic E-state index is 10.8. The molecule has 21 heavy (non-hydrogen) atoms. The second kappa shape index (κ2) is 4.83. The van der Waals surface area contributed by atoms with Crippen LogP contribution in [-0.2, 0) is 7.05 Å². The molecule has 0 radical (unpaired) electrons. The molecule has 0 bridgehead atoms. The van der Waals surface area contributed by atoms with Crippen molar-refractivity contribution in [3.05, 3.63) is 18.0 Å². The van der Waals surface area contributed by atoms with Crippen LogP contribution in [0.4, 0.5) is 16.2 Å². The first kappa shape index (κ1) is 13.5. The minimum absolute atomic E-state index is 0.0676. The lowest BCUT2D eigenvalue weighted by Gasteiger charge is -2.21. The summed E-state index contributed by atoms with van der Waals surface area (Å²) < 4.78 is 2.03. The minimum atomic E-state index is -0.985. The van der Waals surface area contributed by atoms with Crippen molar-refractivity contribution >= 4 is 28.5 Å². The highest BCUT2D eigenvalue weighted by molar-refractivity contribution is 5.96. The van der Waals surface area contributed by atoms with Gasteiger partial charge in [-0.1, -0.05) is 0 Å². The molecule has 1 amide bonds. The fraction of sp³-hybridized carbons (Fsp3) is 0.429. The number of nitrogens with zero attached hydrogens (tertiary/aromatic N) is 3. The highest BCUT2D eigenvalue weighted by Crippen LogP contribution is 2.34. The van der Waals surface area contributed by atoms with Crippen molar-refractivity contribution in [1.82, 2.24) is 14.9 Å². The summed E-state index contributed by atoms with van der Waals surface area (Å²) in [5, 5.41) is 11.4. The zero-order valence-corrected chi connectivity index (χ0v) is 12.1. The lowest BCUT2D eigenvalue weighted by atomic mass is 10.2. The van der Waals surface area contributed by atoms with Crippen molar-refractivity contribution < 1.29 is 9.90 Å². The summed E-state index contributed by atoms with van der Waals surface area (Å²) in [5.41, 5.74) is 9.64. The van der Waals surface area contributed by atoms with Crippen LogP contribution < -0.4 is 16.0 Å². The van der Waals surface area contributed by atoms with Crippen LogP contribution in [-0.4, -0.2) is 39.9 Å². The fourth-order valence-corrected chi connectivity index (χ4v) is 2.96. The van der Waals surface area contributed by atoms with E-state index in [0.29, 0.717) is 12.2 Å². The monoisotopic (exact) mass is 289 g/mol. The van der Waals surface area contributed by atoms with Crippen LogP contribution in [0.3, 0.4) is 0 Å². The van der Waals surface area contributed by atoms with Crippen LogP contribution in [0.2, 0.25) is 0 Å². The average molecular weight is 289 g/mol. The van der Waals surface area contributed by atoms with Crippen molar-refractivity contribution in [2.75, 3.05) is 23.7 Å². The van der Waals surface area contributed by atoms with E-state index >= 15 is 0 Å². The summed E-state index contributed by atoms with van der Waals surface area (Å²) in [6.07, 6.45) is -0.213. The molecule has 2 heterocycles. The standard InChI is InChI=1S/C14H19N5O2/c1-8-16-12-11(18(8)2)4-3-10(15)13(12)19-6-5-9(7-19)17-14(20)21/h3-4,9,17H,5-7,15H2,1-2H3,(H,20,21)/t9-/m0/s1. The third-order valence-corrected chi connectivity index (χ3v) is 4.11. The van der Waals surface area contributed by atoms with Crippen LogP contribution in [0.1, 0.15) is 12.2 Å². The summed E-state index contributed by atoms with van der Waals surface area (Å²) in [6.45, 7) is 3.34. The van der Waals surface area contributed by atoms with E-state index in [0.717, 1.165) is 35.5 Å².